The van der Waals surface area contributed by atoms with Crippen LogP contribution < -0.4 is 5.32 Å². The van der Waals surface area contributed by atoms with Crippen molar-refractivity contribution < 1.29 is 4.92 Å². The minimum atomic E-state index is -0.319. The van der Waals surface area contributed by atoms with Gasteiger partial charge in [0.1, 0.15) is 0 Å². The highest BCUT2D eigenvalue weighted by Gasteiger charge is 2.32. The van der Waals surface area contributed by atoms with Crippen LogP contribution in [0.15, 0.2) is 16.6 Å². The van der Waals surface area contributed by atoms with E-state index < -0.39 is 0 Å². The molecular weight excluding hydrogens is 332 g/mol. The smallest absolute Gasteiger partial charge is 0.274 e. The first-order valence-corrected chi connectivity index (χ1v) is 8.18. The van der Waals surface area contributed by atoms with Crippen molar-refractivity contribution in [1.82, 2.24) is 0 Å². The Morgan fingerprint density at radius 1 is 1.38 bits per heavy atom. The highest BCUT2D eigenvalue weighted by Crippen LogP contribution is 2.40. The van der Waals surface area contributed by atoms with E-state index in [9.17, 15) is 10.1 Å². The number of halogens is 1. The Morgan fingerprint density at radius 3 is 2.62 bits per heavy atom. The van der Waals surface area contributed by atoms with E-state index in [2.05, 4.69) is 42.0 Å². The molecule has 5 heteroatoms. The van der Waals surface area contributed by atoms with Gasteiger partial charge in [0, 0.05) is 22.1 Å². The monoisotopic (exact) mass is 354 g/mol. The lowest BCUT2D eigenvalue weighted by atomic mass is 9.70. The van der Waals surface area contributed by atoms with E-state index in [1.807, 2.05) is 6.07 Å². The van der Waals surface area contributed by atoms with Crippen molar-refractivity contribution in [3.63, 3.8) is 0 Å². The summed E-state index contributed by atoms with van der Waals surface area (Å²) in [7, 11) is 0. The van der Waals surface area contributed by atoms with Crippen LogP contribution in [-0.2, 0) is 0 Å². The van der Waals surface area contributed by atoms with Crippen molar-refractivity contribution in [2.75, 3.05) is 5.32 Å². The van der Waals surface area contributed by atoms with Crippen LogP contribution in [0.2, 0.25) is 0 Å². The van der Waals surface area contributed by atoms with Gasteiger partial charge >= 0.3 is 0 Å². The van der Waals surface area contributed by atoms with E-state index >= 15 is 0 Å². The van der Waals surface area contributed by atoms with Gasteiger partial charge in [0.2, 0.25) is 0 Å². The van der Waals surface area contributed by atoms with Crippen LogP contribution in [0.3, 0.4) is 0 Å². The molecule has 1 aliphatic carbocycles. The number of hydrogen-bond acceptors (Lipinski definition) is 3. The second-order valence-corrected chi connectivity index (χ2v) is 7.98. The van der Waals surface area contributed by atoms with Crippen molar-refractivity contribution >= 4 is 27.3 Å². The molecule has 1 aromatic carbocycles. The third kappa shape index (κ3) is 3.96. The van der Waals surface area contributed by atoms with E-state index in [0.717, 1.165) is 23.0 Å². The summed E-state index contributed by atoms with van der Waals surface area (Å²) in [6.45, 7) is 8.63. The molecule has 1 fully saturated rings. The van der Waals surface area contributed by atoms with Crippen LogP contribution >= 0.6 is 15.9 Å². The number of nitro benzene ring substituents is 1. The van der Waals surface area contributed by atoms with Crippen LogP contribution in [0.5, 0.6) is 0 Å². The van der Waals surface area contributed by atoms with Gasteiger partial charge < -0.3 is 5.32 Å². The minimum absolute atomic E-state index is 0.170. The van der Waals surface area contributed by atoms with Gasteiger partial charge in [-0.2, -0.15) is 0 Å². The average Bonchev–Trinajstić information content (AvgIpc) is 2.29. The van der Waals surface area contributed by atoms with Crippen molar-refractivity contribution in [2.24, 2.45) is 11.3 Å². The summed E-state index contributed by atoms with van der Waals surface area (Å²) < 4.78 is 0.890. The van der Waals surface area contributed by atoms with Crippen LogP contribution in [0.25, 0.3) is 0 Å². The number of anilines is 1. The Kier molecular flexibility index (Phi) is 4.61. The molecule has 2 rings (SSSR count). The summed E-state index contributed by atoms with van der Waals surface area (Å²) in [5.74, 6) is 0.672. The van der Waals surface area contributed by atoms with Gasteiger partial charge in [-0.15, -0.1) is 0 Å². The molecule has 1 saturated carbocycles. The number of hydrogen-bond donors (Lipinski definition) is 1. The fourth-order valence-electron chi connectivity index (χ4n) is 3.64. The summed E-state index contributed by atoms with van der Waals surface area (Å²) in [5, 5.41) is 14.6. The first kappa shape index (κ1) is 16.3. The Balaban J connectivity index is 2.23. The Morgan fingerprint density at radius 2 is 2.05 bits per heavy atom. The zero-order chi connectivity index (χ0) is 15.8. The van der Waals surface area contributed by atoms with E-state index in [1.54, 1.807) is 13.0 Å². The van der Waals surface area contributed by atoms with Crippen LogP contribution in [0.4, 0.5) is 11.4 Å². The SMILES string of the molecule is Cc1cc(Br)c(NC2CC(C)CC(C)(C)C2)cc1[N+](=O)[O-]. The predicted octanol–water partition coefficient (Wildman–Crippen LogP) is 5.29. The number of nitro groups is 1. The molecule has 0 bridgehead atoms. The predicted molar refractivity (Wildman–Crippen MR) is 89.7 cm³/mol. The molecular formula is C16H23BrN2O2. The lowest BCUT2D eigenvalue weighted by Gasteiger charge is -2.39. The van der Waals surface area contributed by atoms with E-state index in [1.165, 1.54) is 6.42 Å². The molecule has 1 aliphatic rings. The van der Waals surface area contributed by atoms with Gasteiger partial charge in [-0.25, -0.2) is 0 Å². The number of aryl methyl sites for hydroxylation is 1. The zero-order valence-electron chi connectivity index (χ0n) is 13.1. The molecule has 2 unspecified atom stereocenters. The summed E-state index contributed by atoms with van der Waals surface area (Å²) in [6, 6.07) is 3.83. The first-order chi connectivity index (χ1) is 9.68. The second-order valence-electron chi connectivity index (χ2n) is 7.13. The molecule has 0 amide bonds. The van der Waals surface area contributed by atoms with Gasteiger partial charge in [0.25, 0.3) is 5.69 Å². The molecule has 0 saturated heterocycles. The maximum absolute atomic E-state index is 11.1. The van der Waals surface area contributed by atoms with Crippen LogP contribution in [-0.4, -0.2) is 11.0 Å². The van der Waals surface area contributed by atoms with Crippen molar-refractivity contribution in [2.45, 2.75) is 53.0 Å². The summed E-state index contributed by atoms with van der Waals surface area (Å²) >= 11 is 3.52. The molecule has 21 heavy (non-hydrogen) atoms. The Hall–Kier alpha value is -1.10. The standard InChI is InChI=1S/C16H23BrN2O2/c1-10-5-12(9-16(3,4)8-10)18-14-7-15(19(20)21)11(2)6-13(14)17/h6-7,10,12,18H,5,8-9H2,1-4H3. The van der Waals surface area contributed by atoms with E-state index in [4.69, 9.17) is 0 Å². The number of nitrogens with zero attached hydrogens (tertiary/aromatic N) is 1. The molecule has 1 N–H and O–H groups in total. The Labute approximate surface area is 134 Å². The fourth-order valence-corrected chi connectivity index (χ4v) is 4.22. The van der Waals surface area contributed by atoms with Crippen molar-refractivity contribution in [3.8, 4) is 0 Å². The number of nitrogens with one attached hydrogen (secondary N) is 1. The number of benzene rings is 1. The summed E-state index contributed by atoms with van der Waals surface area (Å²) in [4.78, 5) is 10.8. The quantitative estimate of drug-likeness (QED) is 0.592. The van der Waals surface area contributed by atoms with Crippen molar-refractivity contribution in [3.05, 3.63) is 32.3 Å². The molecule has 4 nitrogen and oxygen atoms in total. The molecule has 2 atom stereocenters. The molecule has 0 aromatic heterocycles. The number of rotatable bonds is 3. The maximum Gasteiger partial charge on any atom is 0.274 e. The minimum Gasteiger partial charge on any atom is -0.381 e. The largest absolute Gasteiger partial charge is 0.381 e. The topological polar surface area (TPSA) is 55.2 Å². The van der Waals surface area contributed by atoms with Gasteiger partial charge in [-0.1, -0.05) is 20.8 Å². The van der Waals surface area contributed by atoms with Crippen LogP contribution in [0.1, 0.15) is 45.6 Å². The second kappa shape index (κ2) is 5.95. The third-order valence-corrected chi connectivity index (χ3v) is 4.88. The molecule has 116 valence electrons. The van der Waals surface area contributed by atoms with Gasteiger partial charge in [-0.05, 0) is 59.5 Å². The van der Waals surface area contributed by atoms with Gasteiger partial charge in [-0.3, -0.25) is 10.1 Å². The average molecular weight is 355 g/mol. The molecule has 0 spiro atoms. The normalized spacial score (nSPS) is 24.6. The highest BCUT2D eigenvalue weighted by molar-refractivity contribution is 9.10. The Bertz CT molecular complexity index is 557. The van der Waals surface area contributed by atoms with E-state index in [0.29, 0.717) is 22.9 Å². The molecule has 0 heterocycles. The van der Waals surface area contributed by atoms with Gasteiger partial charge in [0.05, 0.1) is 10.6 Å². The first-order valence-electron chi connectivity index (χ1n) is 7.39. The molecule has 0 aliphatic heterocycles. The lowest BCUT2D eigenvalue weighted by Crippen LogP contribution is -2.35. The fraction of sp³-hybridized carbons (Fsp3) is 0.625. The molecule has 1 aromatic rings. The maximum atomic E-state index is 11.1. The van der Waals surface area contributed by atoms with E-state index in [-0.39, 0.29) is 10.6 Å². The third-order valence-electron chi connectivity index (χ3n) is 4.23. The molecule has 0 radical (unpaired) electrons. The van der Waals surface area contributed by atoms with Crippen LogP contribution in [0, 0.1) is 28.4 Å². The summed E-state index contributed by atoms with van der Waals surface area (Å²) in [6.07, 6.45) is 3.43. The zero-order valence-corrected chi connectivity index (χ0v) is 14.7. The summed E-state index contributed by atoms with van der Waals surface area (Å²) in [5.41, 5.74) is 1.99. The lowest BCUT2D eigenvalue weighted by molar-refractivity contribution is -0.385. The highest BCUT2D eigenvalue weighted by atomic mass is 79.9. The van der Waals surface area contributed by atoms with Crippen molar-refractivity contribution in [1.29, 1.82) is 0 Å². The van der Waals surface area contributed by atoms with Gasteiger partial charge in [0.15, 0.2) is 0 Å².